The molecule has 0 aliphatic heterocycles. The van der Waals surface area contributed by atoms with E-state index in [0.717, 1.165) is 30.2 Å². The maximum atomic E-state index is 6.05. The predicted octanol–water partition coefficient (Wildman–Crippen LogP) is 4.87. The Bertz CT molecular complexity index is 828. The molecule has 1 N–H and O–H groups in total. The van der Waals surface area contributed by atoms with E-state index >= 15 is 0 Å². The van der Waals surface area contributed by atoms with E-state index in [2.05, 4.69) is 54.7 Å². The van der Waals surface area contributed by atoms with E-state index in [0.29, 0.717) is 6.61 Å². The van der Waals surface area contributed by atoms with Gasteiger partial charge in [0.1, 0.15) is 18.1 Å². The van der Waals surface area contributed by atoms with E-state index in [4.69, 9.17) is 9.47 Å². The Balaban J connectivity index is 1.56. The third-order valence-corrected chi connectivity index (χ3v) is 4.25. The zero-order chi connectivity index (χ0) is 18.2. The van der Waals surface area contributed by atoms with E-state index in [9.17, 15) is 0 Å². The molecule has 26 heavy (non-hydrogen) atoms. The van der Waals surface area contributed by atoms with Crippen LogP contribution in [-0.4, -0.2) is 7.11 Å². The molecule has 3 nitrogen and oxygen atoms in total. The van der Waals surface area contributed by atoms with Crippen molar-refractivity contribution in [2.75, 3.05) is 7.11 Å². The molecule has 0 unspecified atom stereocenters. The van der Waals surface area contributed by atoms with Gasteiger partial charge in [-0.15, -0.1) is 0 Å². The molecule has 0 spiro atoms. The Morgan fingerprint density at radius 2 is 1.62 bits per heavy atom. The highest BCUT2D eigenvalue weighted by molar-refractivity contribution is 5.34. The number of hydrogen-bond donors (Lipinski definition) is 1. The fraction of sp³-hybridized carbons (Fsp3) is 0.217. The van der Waals surface area contributed by atoms with Crippen molar-refractivity contribution in [2.45, 2.75) is 26.6 Å². The Hall–Kier alpha value is -2.78. The third kappa shape index (κ3) is 5.11. The molecular weight excluding hydrogens is 322 g/mol. The molecule has 134 valence electrons. The van der Waals surface area contributed by atoms with E-state index in [1.54, 1.807) is 7.11 Å². The second kappa shape index (κ2) is 9.07. The Kier molecular flexibility index (Phi) is 6.29. The van der Waals surface area contributed by atoms with Gasteiger partial charge in [0.15, 0.2) is 0 Å². The molecule has 0 fully saturated rings. The lowest BCUT2D eigenvalue weighted by molar-refractivity contribution is 0.302. The van der Waals surface area contributed by atoms with Crippen molar-refractivity contribution in [3.8, 4) is 11.5 Å². The second-order valence-corrected chi connectivity index (χ2v) is 6.34. The van der Waals surface area contributed by atoms with Crippen LogP contribution in [0.3, 0.4) is 0 Å². The summed E-state index contributed by atoms with van der Waals surface area (Å²) in [6.07, 6.45) is 0. The first-order valence-corrected chi connectivity index (χ1v) is 8.84. The van der Waals surface area contributed by atoms with Crippen molar-refractivity contribution in [1.82, 2.24) is 5.32 Å². The summed E-state index contributed by atoms with van der Waals surface area (Å²) in [5, 5.41) is 3.48. The quantitative estimate of drug-likeness (QED) is 0.630. The second-order valence-electron chi connectivity index (χ2n) is 6.34. The molecule has 0 saturated heterocycles. The van der Waals surface area contributed by atoms with Gasteiger partial charge >= 0.3 is 0 Å². The number of nitrogens with one attached hydrogen (secondary N) is 1. The van der Waals surface area contributed by atoms with Crippen LogP contribution in [0.2, 0.25) is 0 Å². The zero-order valence-electron chi connectivity index (χ0n) is 15.4. The van der Waals surface area contributed by atoms with E-state index in [1.165, 1.54) is 16.7 Å². The van der Waals surface area contributed by atoms with Gasteiger partial charge in [-0.2, -0.15) is 0 Å². The Morgan fingerprint density at radius 3 is 2.38 bits per heavy atom. The first kappa shape index (κ1) is 18.0. The topological polar surface area (TPSA) is 30.5 Å². The lowest BCUT2D eigenvalue weighted by Gasteiger charge is -2.13. The fourth-order valence-corrected chi connectivity index (χ4v) is 2.84. The largest absolute Gasteiger partial charge is 0.497 e. The van der Waals surface area contributed by atoms with Crippen molar-refractivity contribution in [1.29, 1.82) is 0 Å². The highest BCUT2D eigenvalue weighted by Gasteiger charge is 2.04. The van der Waals surface area contributed by atoms with Crippen molar-refractivity contribution < 1.29 is 9.47 Å². The van der Waals surface area contributed by atoms with Gasteiger partial charge in [0.2, 0.25) is 0 Å². The molecule has 3 heteroatoms. The summed E-state index contributed by atoms with van der Waals surface area (Å²) in [5.41, 5.74) is 4.82. The molecule has 0 aliphatic rings. The summed E-state index contributed by atoms with van der Waals surface area (Å²) in [6, 6.07) is 24.7. The molecule has 0 amide bonds. The monoisotopic (exact) mass is 347 g/mol. The van der Waals surface area contributed by atoms with Crippen molar-refractivity contribution in [3.63, 3.8) is 0 Å². The molecule has 3 aromatic carbocycles. The Morgan fingerprint density at radius 1 is 0.808 bits per heavy atom. The lowest BCUT2D eigenvalue weighted by Crippen LogP contribution is -2.13. The van der Waals surface area contributed by atoms with Gasteiger partial charge in [0, 0.05) is 18.7 Å². The Labute approximate surface area is 155 Å². The lowest BCUT2D eigenvalue weighted by atomic mass is 10.1. The average molecular weight is 347 g/mol. The number of benzene rings is 3. The fourth-order valence-electron chi connectivity index (χ4n) is 2.84. The molecule has 0 aromatic heterocycles. The molecule has 3 aromatic rings. The molecule has 0 aliphatic carbocycles. The summed E-state index contributed by atoms with van der Waals surface area (Å²) < 4.78 is 11.2. The molecule has 0 heterocycles. The number of rotatable bonds is 8. The summed E-state index contributed by atoms with van der Waals surface area (Å²) in [7, 11) is 1.68. The van der Waals surface area contributed by atoms with Crippen LogP contribution in [0.1, 0.15) is 22.3 Å². The summed E-state index contributed by atoms with van der Waals surface area (Å²) in [5.74, 6) is 1.81. The van der Waals surface area contributed by atoms with Gasteiger partial charge in [-0.1, -0.05) is 60.2 Å². The molecule has 0 radical (unpaired) electrons. The van der Waals surface area contributed by atoms with E-state index < -0.39 is 0 Å². The van der Waals surface area contributed by atoms with Gasteiger partial charge in [0.25, 0.3) is 0 Å². The minimum Gasteiger partial charge on any atom is -0.497 e. The van der Waals surface area contributed by atoms with Crippen LogP contribution in [0.25, 0.3) is 0 Å². The van der Waals surface area contributed by atoms with Crippen LogP contribution in [0.5, 0.6) is 11.5 Å². The van der Waals surface area contributed by atoms with Crippen LogP contribution in [0, 0.1) is 6.92 Å². The molecule has 0 saturated carbocycles. The SMILES string of the molecule is COc1ccc(CNCc2ccccc2OCc2cccc(C)c2)cc1. The van der Waals surface area contributed by atoms with E-state index in [-0.39, 0.29) is 0 Å². The maximum Gasteiger partial charge on any atom is 0.124 e. The number of aryl methyl sites for hydroxylation is 1. The summed E-state index contributed by atoms with van der Waals surface area (Å²) in [6.45, 7) is 4.24. The number of para-hydroxylation sites is 1. The summed E-state index contributed by atoms with van der Waals surface area (Å²) >= 11 is 0. The van der Waals surface area contributed by atoms with Crippen molar-refractivity contribution in [3.05, 3.63) is 95.1 Å². The molecule has 0 bridgehead atoms. The highest BCUT2D eigenvalue weighted by atomic mass is 16.5. The highest BCUT2D eigenvalue weighted by Crippen LogP contribution is 2.20. The normalized spacial score (nSPS) is 10.5. The van der Waals surface area contributed by atoms with Gasteiger partial charge in [-0.05, 0) is 36.2 Å². The molecule has 3 rings (SSSR count). The van der Waals surface area contributed by atoms with Gasteiger partial charge in [0.05, 0.1) is 7.11 Å². The smallest absolute Gasteiger partial charge is 0.124 e. The van der Waals surface area contributed by atoms with Crippen molar-refractivity contribution in [2.24, 2.45) is 0 Å². The van der Waals surface area contributed by atoms with Crippen LogP contribution in [-0.2, 0) is 19.7 Å². The number of ether oxygens (including phenoxy) is 2. The third-order valence-electron chi connectivity index (χ3n) is 4.25. The predicted molar refractivity (Wildman–Crippen MR) is 105 cm³/mol. The van der Waals surface area contributed by atoms with Crippen LogP contribution in [0.15, 0.2) is 72.8 Å². The van der Waals surface area contributed by atoms with Gasteiger partial charge < -0.3 is 14.8 Å². The first-order chi connectivity index (χ1) is 12.7. The minimum atomic E-state index is 0.581. The van der Waals surface area contributed by atoms with Crippen molar-refractivity contribution >= 4 is 0 Å². The summed E-state index contributed by atoms with van der Waals surface area (Å²) in [4.78, 5) is 0. The standard InChI is InChI=1S/C23H25NO2/c1-18-6-5-7-20(14-18)17-26-23-9-4-3-8-21(23)16-24-15-19-10-12-22(25-2)13-11-19/h3-14,24H,15-17H2,1-2H3. The van der Waals surface area contributed by atoms with E-state index in [1.807, 2.05) is 30.3 Å². The van der Waals surface area contributed by atoms with Crippen LogP contribution in [0.4, 0.5) is 0 Å². The van der Waals surface area contributed by atoms with Crippen LogP contribution >= 0.6 is 0 Å². The zero-order valence-corrected chi connectivity index (χ0v) is 15.4. The molecular formula is C23H25NO2. The number of methoxy groups -OCH3 is 1. The van der Waals surface area contributed by atoms with Crippen LogP contribution < -0.4 is 14.8 Å². The number of hydrogen-bond acceptors (Lipinski definition) is 3. The minimum absolute atomic E-state index is 0.581. The van der Waals surface area contributed by atoms with Gasteiger partial charge in [-0.3, -0.25) is 0 Å². The average Bonchev–Trinajstić information content (AvgIpc) is 2.68. The first-order valence-electron chi connectivity index (χ1n) is 8.84. The van der Waals surface area contributed by atoms with Gasteiger partial charge in [-0.25, -0.2) is 0 Å². The molecule has 0 atom stereocenters. The maximum absolute atomic E-state index is 6.05.